The lowest BCUT2D eigenvalue weighted by atomic mass is 9.88. The topological polar surface area (TPSA) is 115 Å². The first-order chi connectivity index (χ1) is 13.9. The van der Waals surface area contributed by atoms with Gasteiger partial charge in [-0.15, -0.1) is 0 Å². The Bertz CT molecular complexity index is 1040. The van der Waals surface area contributed by atoms with E-state index in [0.29, 0.717) is 6.42 Å². The number of anilines is 1. The minimum atomic E-state index is -1.33. The highest BCUT2D eigenvalue weighted by Crippen LogP contribution is 2.42. The van der Waals surface area contributed by atoms with E-state index in [1.165, 1.54) is 0 Å². The lowest BCUT2D eigenvalue weighted by Crippen LogP contribution is -2.30. The third-order valence-corrected chi connectivity index (χ3v) is 5.73. The number of aromatic carboxylic acids is 2. The van der Waals surface area contributed by atoms with Gasteiger partial charge in [-0.2, -0.15) is 0 Å². The average Bonchev–Trinajstić information content (AvgIpc) is 2.92. The molecule has 0 fully saturated rings. The summed E-state index contributed by atoms with van der Waals surface area (Å²) in [5.41, 5.74) is 2.04. The number of aryl methyl sites for hydroxylation is 1. The van der Waals surface area contributed by atoms with Gasteiger partial charge in [-0.1, -0.05) is 0 Å². The molecule has 2 aromatic rings. The van der Waals surface area contributed by atoms with Crippen LogP contribution in [-0.2, 0) is 12.8 Å². The summed E-state index contributed by atoms with van der Waals surface area (Å²) >= 11 is 0. The second-order valence-electron chi connectivity index (χ2n) is 7.51. The Morgan fingerprint density at radius 1 is 0.828 bits per heavy atom. The maximum atomic E-state index is 13.3. The Morgan fingerprint density at radius 3 is 2.31 bits per heavy atom. The van der Waals surface area contributed by atoms with Crippen molar-refractivity contribution >= 4 is 23.4 Å². The molecule has 29 heavy (non-hydrogen) atoms. The fraction of sp³-hybridized carbons (Fsp3) is 0.318. The lowest BCUT2D eigenvalue weighted by Gasteiger charge is -2.32. The van der Waals surface area contributed by atoms with Crippen LogP contribution >= 0.6 is 0 Å². The molecule has 0 saturated carbocycles. The van der Waals surface area contributed by atoms with Crippen molar-refractivity contribution in [2.75, 3.05) is 18.0 Å². The molecule has 2 aromatic carbocycles. The minimum Gasteiger partial charge on any atom is -0.507 e. The second kappa shape index (κ2) is 7.24. The predicted octanol–water partition coefficient (Wildman–Crippen LogP) is 3.11. The van der Waals surface area contributed by atoms with Gasteiger partial charge in [0.05, 0.1) is 16.7 Å². The number of carboxylic acids is 2. The molecule has 0 amide bonds. The number of hydrogen-bond donors (Lipinski definition) is 3. The molecule has 4 rings (SSSR count). The van der Waals surface area contributed by atoms with Gasteiger partial charge < -0.3 is 20.2 Å². The molecule has 2 aliphatic rings. The van der Waals surface area contributed by atoms with Gasteiger partial charge in [-0.25, -0.2) is 9.59 Å². The summed E-state index contributed by atoms with van der Waals surface area (Å²) < 4.78 is 0. The number of rotatable bonds is 4. The molecule has 7 nitrogen and oxygen atoms in total. The molecule has 0 radical (unpaired) electrons. The zero-order valence-corrected chi connectivity index (χ0v) is 15.8. The number of phenols is 1. The van der Waals surface area contributed by atoms with E-state index in [9.17, 15) is 29.7 Å². The number of aromatic hydroxyl groups is 1. The number of ketones is 1. The molecule has 2 aliphatic heterocycles. The summed E-state index contributed by atoms with van der Waals surface area (Å²) in [4.78, 5) is 38.5. The molecule has 0 aromatic heterocycles. The molecule has 150 valence electrons. The van der Waals surface area contributed by atoms with Crippen LogP contribution < -0.4 is 4.90 Å². The van der Waals surface area contributed by atoms with E-state index in [1.54, 1.807) is 6.07 Å². The van der Waals surface area contributed by atoms with Crippen LogP contribution in [0.25, 0.3) is 0 Å². The first-order valence-electron chi connectivity index (χ1n) is 9.66. The Labute approximate surface area is 167 Å². The molecule has 0 saturated heterocycles. The van der Waals surface area contributed by atoms with Crippen molar-refractivity contribution < 1.29 is 29.7 Å². The van der Waals surface area contributed by atoms with Crippen LogP contribution in [0.15, 0.2) is 24.3 Å². The highest BCUT2D eigenvalue weighted by Gasteiger charge is 2.30. The molecule has 0 spiro atoms. The summed E-state index contributed by atoms with van der Waals surface area (Å²) in [5, 5.41) is 29.6. The van der Waals surface area contributed by atoms with E-state index in [2.05, 4.69) is 4.90 Å². The molecule has 0 atom stereocenters. The van der Waals surface area contributed by atoms with Crippen LogP contribution in [0.5, 0.6) is 5.75 Å². The highest BCUT2D eigenvalue weighted by atomic mass is 16.4. The van der Waals surface area contributed by atoms with Crippen LogP contribution in [-0.4, -0.2) is 46.1 Å². The minimum absolute atomic E-state index is 0.0348. The van der Waals surface area contributed by atoms with E-state index >= 15 is 0 Å². The van der Waals surface area contributed by atoms with Crippen LogP contribution in [0.3, 0.4) is 0 Å². The first-order valence-corrected chi connectivity index (χ1v) is 9.66. The van der Waals surface area contributed by atoms with E-state index in [0.717, 1.165) is 73.8 Å². The number of nitrogens with zero attached hydrogens (tertiary/aromatic N) is 1. The second-order valence-corrected chi connectivity index (χ2v) is 7.51. The van der Waals surface area contributed by atoms with Gasteiger partial charge in [-0.3, -0.25) is 4.79 Å². The van der Waals surface area contributed by atoms with Gasteiger partial charge in [0, 0.05) is 29.9 Å². The monoisotopic (exact) mass is 395 g/mol. The Morgan fingerprint density at radius 2 is 1.59 bits per heavy atom. The maximum absolute atomic E-state index is 13.3. The largest absolute Gasteiger partial charge is 0.507 e. The summed E-state index contributed by atoms with van der Waals surface area (Å²) in [6, 6.07) is 4.99. The van der Waals surface area contributed by atoms with Gasteiger partial charge in [0.2, 0.25) is 0 Å². The van der Waals surface area contributed by atoms with Crippen molar-refractivity contribution in [3.8, 4) is 5.75 Å². The molecule has 0 bridgehead atoms. The van der Waals surface area contributed by atoms with Gasteiger partial charge >= 0.3 is 11.9 Å². The third-order valence-electron chi connectivity index (χ3n) is 5.73. The smallest absolute Gasteiger partial charge is 0.336 e. The number of carboxylic acid groups (broad SMARTS) is 2. The van der Waals surface area contributed by atoms with E-state index in [-0.39, 0.29) is 28.0 Å². The number of carbonyl (C=O) groups excluding carboxylic acids is 1. The molecular formula is C22H21NO6. The molecule has 7 heteroatoms. The normalized spacial score (nSPS) is 15.4. The van der Waals surface area contributed by atoms with Crippen LogP contribution in [0.2, 0.25) is 0 Å². The summed E-state index contributed by atoms with van der Waals surface area (Å²) in [5.74, 6) is -3.39. The van der Waals surface area contributed by atoms with Crippen LogP contribution in [0.1, 0.15) is 67.0 Å². The van der Waals surface area contributed by atoms with Gasteiger partial charge in [-0.05, 0) is 61.9 Å². The Kier molecular flexibility index (Phi) is 4.74. The quantitative estimate of drug-likeness (QED) is 0.681. The summed E-state index contributed by atoms with van der Waals surface area (Å²) in [7, 11) is 0. The Balaban J connectivity index is 1.89. The molecule has 2 heterocycles. The number of phenolic OH excluding ortho intramolecular Hbond substituents is 1. The zero-order valence-electron chi connectivity index (χ0n) is 15.8. The van der Waals surface area contributed by atoms with Crippen molar-refractivity contribution in [3.05, 3.63) is 57.6 Å². The highest BCUT2D eigenvalue weighted by molar-refractivity contribution is 6.16. The summed E-state index contributed by atoms with van der Waals surface area (Å²) in [6.07, 6.45) is 4.29. The predicted molar refractivity (Wildman–Crippen MR) is 105 cm³/mol. The molecule has 0 unspecified atom stereocenters. The van der Waals surface area contributed by atoms with Crippen molar-refractivity contribution in [1.29, 1.82) is 0 Å². The first kappa shape index (κ1) is 19.0. The van der Waals surface area contributed by atoms with Crippen LogP contribution in [0.4, 0.5) is 5.69 Å². The third kappa shape index (κ3) is 3.22. The standard InChI is InChI=1S/C22H21NO6/c24-19-15-5-3-9-23-8-2-1-4-12(18(15)23)10-17(19)20(25)16-11-13(21(26)27)6-7-14(16)22(28)29/h6-7,10-11,24H,1-5,8-9H2,(H,26,27)(H,28,29). The number of hydrogen-bond acceptors (Lipinski definition) is 5. The number of benzene rings is 2. The maximum Gasteiger partial charge on any atom is 0.336 e. The van der Waals surface area contributed by atoms with Crippen molar-refractivity contribution in [3.63, 3.8) is 0 Å². The number of carbonyl (C=O) groups is 3. The van der Waals surface area contributed by atoms with Crippen molar-refractivity contribution in [2.24, 2.45) is 0 Å². The van der Waals surface area contributed by atoms with Gasteiger partial charge in [0.1, 0.15) is 5.75 Å². The zero-order chi connectivity index (χ0) is 20.7. The molecule has 0 aliphatic carbocycles. The fourth-order valence-corrected chi connectivity index (χ4v) is 4.37. The summed E-state index contributed by atoms with van der Waals surface area (Å²) in [6.45, 7) is 1.83. The van der Waals surface area contributed by atoms with E-state index in [1.807, 2.05) is 0 Å². The van der Waals surface area contributed by atoms with Gasteiger partial charge in [0.25, 0.3) is 0 Å². The fourth-order valence-electron chi connectivity index (χ4n) is 4.37. The van der Waals surface area contributed by atoms with Crippen LogP contribution in [0, 0.1) is 0 Å². The Hall–Kier alpha value is -3.35. The van der Waals surface area contributed by atoms with E-state index < -0.39 is 17.7 Å². The lowest BCUT2D eigenvalue weighted by molar-refractivity contribution is 0.0679. The SMILES string of the molecule is O=C(O)c1ccc(C(=O)O)c(C(=O)c2cc3c4c(c2O)CCCN4CCCC3)c1. The van der Waals surface area contributed by atoms with E-state index in [4.69, 9.17) is 0 Å². The van der Waals surface area contributed by atoms with Crippen molar-refractivity contribution in [1.82, 2.24) is 0 Å². The van der Waals surface area contributed by atoms with Gasteiger partial charge in [0.15, 0.2) is 5.78 Å². The van der Waals surface area contributed by atoms with Crippen molar-refractivity contribution in [2.45, 2.75) is 32.1 Å². The molecular weight excluding hydrogens is 374 g/mol. The molecule has 3 N–H and O–H groups in total. The average molecular weight is 395 g/mol.